The van der Waals surface area contributed by atoms with Crippen molar-refractivity contribution in [2.24, 2.45) is 5.73 Å². The molecule has 2 rings (SSSR count). The van der Waals surface area contributed by atoms with Crippen molar-refractivity contribution in [2.45, 2.75) is 18.4 Å². The Morgan fingerprint density at radius 3 is 3.00 bits per heavy atom. The number of aromatic nitrogens is 2. The first-order valence-corrected chi connectivity index (χ1v) is 4.42. The summed E-state index contributed by atoms with van der Waals surface area (Å²) in [5, 5.41) is 7.95. The van der Waals surface area contributed by atoms with Gasteiger partial charge in [0.05, 0.1) is 10.9 Å². The smallest absolute Gasteiger partial charge is 0.245 e. The van der Waals surface area contributed by atoms with E-state index in [0.717, 1.165) is 12.8 Å². The molecule has 0 radical (unpaired) electrons. The van der Waals surface area contributed by atoms with Crippen molar-refractivity contribution in [3.8, 4) is 0 Å². The molecule has 1 saturated carbocycles. The molecule has 12 heavy (non-hydrogen) atoms. The number of carbonyl (C=O) groups excluding carboxylic acids is 1. The van der Waals surface area contributed by atoms with Crippen LogP contribution in [-0.4, -0.2) is 21.0 Å². The van der Waals surface area contributed by atoms with Crippen molar-refractivity contribution in [1.82, 2.24) is 9.59 Å². The maximum atomic E-state index is 11.3. The number of nitrogens with zero attached hydrogens (tertiary/aromatic N) is 2. The van der Waals surface area contributed by atoms with E-state index in [1.807, 2.05) is 0 Å². The fourth-order valence-electron chi connectivity index (χ4n) is 0.822. The lowest BCUT2D eigenvalue weighted by atomic mass is 10.3. The molecule has 0 aliphatic heterocycles. The zero-order chi connectivity index (χ0) is 8.60. The topological polar surface area (TPSA) is 80.9 Å². The van der Waals surface area contributed by atoms with E-state index in [1.54, 1.807) is 5.38 Å². The summed E-state index contributed by atoms with van der Waals surface area (Å²) >= 11 is 1.20. The van der Waals surface area contributed by atoms with Gasteiger partial charge in [0.25, 0.3) is 0 Å². The Balaban J connectivity index is 2.00. The Bertz CT molecular complexity index is 293. The first kappa shape index (κ1) is 7.63. The minimum atomic E-state index is -0.635. The van der Waals surface area contributed by atoms with Crippen molar-refractivity contribution in [3.05, 3.63) is 5.38 Å². The zero-order valence-electron chi connectivity index (χ0n) is 6.28. The summed E-state index contributed by atoms with van der Waals surface area (Å²) in [6.45, 7) is 0. The summed E-state index contributed by atoms with van der Waals surface area (Å²) in [7, 11) is 0. The number of hydrogen-bond donors (Lipinski definition) is 2. The third kappa shape index (κ3) is 1.30. The molecule has 1 heterocycles. The standard InChI is InChI=1S/C6H8N4OS/c7-6(1-2-6)5(11)8-4-3-12-10-9-4/h3H,1-2,7H2,(H,8,11). The van der Waals surface area contributed by atoms with E-state index in [4.69, 9.17) is 5.73 Å². The van der Waals surface area contributed by atoms with Gasteiger partial charge in [-0.3, -0.25) is 4.79 Å². The lowest BCUT2D eigenvalue weighted by molar-refractivity contribution is -0.118. The van der Waals surface area contributed by atoms with Crippen molar-refractivity contribution in [1.29, 1.82) is 0 Å². The first-order chi connectivity index (χ1) is 5.71. The molecule has 1 aromatic rings. The predicted octanol–water partition coefficient (Wildman–Crippen LogP) is -0.0321. The van der Waals surface area contributed by atoms with Gasteiger partial charge in [0, 0.05) is 0 Å². The van der Waals surface area contributed by atoms with E-state index >= 15 is 0 Å². The van der Waals surface area contributed by atoms with Gasteiger partial charge in [0.2, 0.25) is 5.91 Å². The summed E-state index contributed by atoms with van der Waals surface area (Å²) in [5.41, 5.74) is 5.01. The Morgan fingerprint density at radius 2 is 2.50 bits per heavy atom. The number of carbonyl (C=O) groups is 1. The van der Waals surface area contributed by atoms with Gasteiger partial charge >= 0.3 is 0 Å². The van der Waals surface area contributed by atoms with Gasteiger partial charge in [0.15, 0.2) is 5.82 Å². The summed E-state index contributed by atoms with van der Waals surface area (Å²) in [5.74, 6) is 0.330. The Kier molecular flexibility index (Phi) is 1.59. The molecule has 1 aliphatic carbocycles. The summed E-state index contributed by atoms with van der Waals surface area (Å²) in [6, 6.07) is 0. The predicted molar refractivity (Wildman–Crippen MR) is 44.7 cm³/mol. The maximum absolute atomic E-state index is 11.3. The van der Waals surface area contributed by atoms with Crippen LogP contribution >= 0.6 is 11.5 Å². The minimum Gasteiger partial charge on any atom is -0.317 e. The van der Waals surface area contributed by atoms with Gasteiger partial charge < -0.3 is 11.1 Å². The van der Waals surface area contributed by atoms with Gasteiger partial charge in [-0.2, -0.15) is 0 Å². The van der Waals surface area contributed by atoms with Crippen LogP contribution in [0.15, 0.2) is 5.38 Å². The monoisotopic (exact) mass is 184 g/mol. The molecule has 0 bridgehead atoms. The third-order valence-electron chi connectivity index (χ3n) is 1.84. The Morgan fingerprint density at radius 1 is 1.75 bits per heavy atom. The van der Waals surface area contributed by atoms with Crippen LogP contribution in [-0.2, 0) is 4.79 Å². The molecule has 0 aromatic carbocycles. The van der Waals surface area contributed by atoms with Gasteiger partial charge in [-0.1, -0.05) is 4.49 Å². The van der Waals surface area contributed by atoms with Crippen molar-refractivity contribution in [2.75, 3.05) is 5.32 Å². The normalized spacial score (nSPS) is 18.8. The molecule has 0 atom stereocenters. The fraction of sp³-hybridized carbons (Fsp3) is 0.500. The van der Waals surface area contributed by atoms with Crippen LogP contribution in [0.1, 0.15) is 12.8 Å². The van der Waals surface area contributed by atoms with Gasteiger partial charge in [-0.25, -0.2) is 0 Å². The Labute approximate surface area is 73.1 Å². The molecule has 1 aliphatic rings. The van der Waals surface area contributed by atoms with E-state index in [2.05, 4.69) is 14.9 Å². The van der Waals surface area contributed by atoms with Crippen molar-refractivity contribution in [3.63, 3.8) is 0 Å². The molecule has 0 spiro atoms. The van der Waals surface area contributed by atoms with E-state index in [9.17, 15) is 4.79 Å². The van der Waals surface area contributed by atoms with Crippen LogP contribution in [0.25, 0.3) is 0 Å². The quantitative estimate of drug-likeness (QED) is 0.676. The molecule has 1 aromatic heterocycles. The number of amides is 1. The number of anilines is 1. The molecule has 0 unspecified atom stereocenters. The number of rotatable bonds is 2. The molecule has 1 amide bonds. The first-order valence-electron chi connectivity index (χ1n) is 3.58. The second kappa shape index (κ2) is 2.49. The lowest BCUT2D eigenvalue weighted by Crippen LogP contribution is -2.37. The van der Waals surface area contributed by atoms with Gasteiger partial charge in [-0.15, -0.1) is 5.10 Å². The number of nitrogens with one attached hydrogen (secondary N) is 1. The third-order valence-corrected chi connectivity index (χ3v) is 2.35. The molecule has 1 fully saturated rings. The molecule has 6 heteroatoms. The molecule has 5 nitrogen and oxygen atoms in total. The van der Waals surface area contributed by atoms with Crippen LogP contribution in [0.5, 0.6) is 0 Å². The summed E-state index contributed by atoms with van der Waals surface area (Å²) < 4.78 is 3.61. The lowest BCUT2D eigenvalue weighted by Gasteiger charge is -2.06. The van der Waals surface area contributed by atoms with Crippen LogP contribution in [0.4, 0.5) is 5.82 Å². The highest BCUT2D eigenvalue weighted by Gasteiger charge is 2.46. The highest BCUT2D eigenvalue weighted by Crippen LogP contribution is 2.33. The zero-order valence-corrected chi connectivity index (χ0v) is 7.10. The Hall–Kier alpha value is -1.01. The molecular weight excluding hydrogens is 176 g/mol. The van der Waals surface area contributed by atoms with E-state index < -0.39 is 5.54 Å². The second-order valence-corrected chi connectivity index (χ2v) is 3.51. The molecular formula is C6H8N4OS. The van der Waals surface area contributed by atoms with Crippen LogP contribution in [0.2, 0.25) is 0 Å². The summed E-state index contributed by atoms with van der Waals surface area (Å²) in [6.07, 6.45) is 1.52. The minimum absolute atomic E-state index is 0.157. The van der Waals surface area contributed by atoms with E-state index in [1.165, 1.54) is 11.5 Å². The van der Waals surface area contributed by atoms with Crippen LogP contribution in [0, 0.1) is 0 Å². The van der Waals surface area contributed by atoms with E-state index in [-0.39, 0.29) is 5.91 Å². The highest BCUT2D eigenvalue weighted by atomic mass is 32.1. The van der Waals surface area contributed by atoms with Gasteiger partial charge in [-0.05, 0) is 24.4 Å². The SMILES string of the molecule is NC1(C(=O)Nc2csnn2)CC1. The fourth-order valence-corrected chi connectivity index (χ4v) is 1.21. The summed E-state index contributed by atoms with van der Waals surface area (Å²) in [4.78, 5) is 11.3. The number of hydrogen-bond acceptors (Lipinski definition) is 5. The average Bonchev–Trinajstić information content (AvgIpc) is 2.63. The van der Waals surface area contributed by atoms with Gasteiger partial charge in [0.1, 0.15) is 0 Å². The average molecular weight is 184 g/mol. The second-order valence-electron chi connectivity index (χ2n) is 2.90. The van der Waals surface area contributed by atoms with Crippen molar-refractivity contribution < 1.29 is 4.79 Å². The van der Waals surface area contributed by atoms with E-state index in [0.29, 0.717) is 5.82 Å². The molecule has 0 saturated heterocycles. The highest BCUT2D eigenvalue weighted by molar-refractivity contribution is 7.03. The van der Waals surface area contributed by atoms with Crippen LogP contribution in [0.3, 0.4) is 0 Å². The van der Waals surface area contributed by atoms with Crippen molar-refractivity contribution >= 4 is 23.3 Å². The molecule has 3 N–H and O–H groups in total. The largest absolute Gasteiger partial charge is 0.317 e. The van der Waals surface area contributed by atoms with Crippen LogP contribution < -0.4 is 11.1 Å². The number of nitrogens with two attached hydrogens (primary N) is 1. The molecule has 64 valence electrons. The maximum Gasteiger partial charge on any atom is 0.245 e.